The first-order valence-corrected chi connectivity index (χ1v) is 6.57. The lowest BCUT2D eigenvalue weighted by molar-refractivity contribution is -0.163. The second-order valence-corrected chi connectivity index (χ2v) is 5.96. The summed E-state index contributed by atoms with van der Waals surface area (Å²) in [5.41, 5.74) is -0.150. The van der Waals surface area contributed by atoms with Crippen LogP contribution in [0.4, 0.5) is 0 Å². The van der Waals surface area contributed by atoms with Crippen LogP contribution in [-0.4, -0.2) is 11.6 Å². The van der Waals surface area contributed by atoms with E-state index in [1.165, 1.54) is 19.3 Å². The number of hydrogen-bond donors (Lipinski definition) is 0. The summed E-state index contributed by atoms with van der Waals surface area (Å²) in [5, 5.41) is 0. The molecule has 0 aliphatic heterocycles. The van der Waals surface area contributed by atoms with Crippen molar-refractivity contribution in [2.45, 2.75) is 51.0 Å². The van der Waals surface area contributed by atoms with Gasteiger partial charge in [-0.3, -0.25) is 4.79 Å². The van der Waals surface area contributed by atoms with Gasteiger partial charge in [0.15, 0.2) is 0 Å². The van der Waals surface area contributed by atoms with Crippen LogP contribution in [0.1, 0.15) is 45.4 Å². The monoisotopic (exact) mass is 220 g/mol. The van der Waals surface area contributed by atoms with Crippen LogP contribution in [0.25, 0.3) is 0 Å². The minimum absolute atomic E-state index is 0.0706. The maximum absolute atomic E-state index is 12.1. The van der Waals surface area contributed by atoms with E-state index in [0.717, 1.165) is 19.3 Å². The average molecular weight is 220 g/mol. The zero-order valence-electron chi connectivity index (χ0n) is 9.95. The summed E-state index contributed by atoms with van der Waals surface area (Å²) < 4.78 is 5.76. The van der Waals surface area contributed by atoms with E-state index >= 15 is 0 Å². The summed E-state index contributed by atoms with van der Waals surface area (Å²) in [5.74, 6) is 1.36. The van der Waals surface area contributed by atoms with E-state index in [4.69, 9.17) is 4.74 Å². The second kappa shape index (κ2) is 3.61. The van der Waals surface area contributed by atoms with Gasteiger partial charge in [-0.1, -0.05) is 12.2 Å². The van der Waals surface area contributed by atoms with E-state index in [1.54, 1.807) is 0 Å². The molecule has 0 aromatic rings. The van der Waals surface area contributed by atoms with Crippen molar-refractivity contribution in [1.29, 1.82) is 0 Å². The van der Waals surface area contributed by atoms with Crippen molar-refractivity contribution in [1.82, 2.24) is 0 Å². The Hall–Kier alpha value is -0.790. The fraction of sp³-hybridized carbons (Fsp3) is 0.786. The van der Waals surface area contributed by atoms with E-state index in [2.05, 4.69) is 19.1 Å². The molecule has 0 aromatic carbocycles. The van der Waals surface area contributed by atoms with Crippen molar-refractivity contribution in [3.63, 3.8) is 0 Å². The average Bonchev–Trinajstić information content (AvgIpc) is 2.92. The highest BCUT2D eigenvalue weighted by Crippen LogP contribution is 2.45. The first kappa shape index (κ1) is 10.4. The van der Waals surface area contributed by atoms with E-state index < -0.39 is 0 Å². The highest BCUT2D eigenvalue weighted by molar-refractivity contribution is 5.74. The fourth-order valence-corrected chi connectivity index (χ4v) is 3.60. The quantitative estimate of drug-likeness (QED) is 0.528. The van der Waals surface area contributed by atoms with Crippen LogP contribution in [-0.2, 0) is 9.53 Å². The smallest absolute Gasteiger partial charge is 0.310 e. The van der Waals surface area contributed by atoms with Crippen LogP contribution < -0.4 is 0 Å². The van der Waals surface area contributed by atoms with Crippen LogP contribution in [0.2, 0.25) is 0 Å². The molecule has 0 aromatic heterocycles. The van der Waals surface area contributed by atoms with Crippen LogP contribution in [0.3, 0.4) is 0 Å². The zero-order chi connectivity index (χ0) is 11.2. The third-order valence-electron chi connectivity index (χ3n) is 4.59. The van der Waals surface area contributed by atoms with Crippen LogP contribution >= 0.6 is 0 Å². The topological polar surface area (TPSA) is 26.3 Å². The summed E-state index contributed by atoms with van der Waals surface area (Å²) in [6, 6.07) is 0. The number of rotatable bonds is 2. The molecule has 2 nitrogen and oxygen atoms in total. The van der Waals surface area contributed by atoms with Crippen molar-refractivity contribution >= 4 is 5.97 Å². The molecule has 2 heteroatoms. The van der Waals surface area contributed by atoms with E-state index in [-0.39, 0.29) is 17.5 Å². The summed E-state index contributed by atoms with van der Waals surface area (Å²) in [7, 11) is 0. The van der Waals surface area contributed by atoms with Gasteiger partial charge in [-0.25, -0.2) is 0 Å². The summed E-state index contributed by atoms with van der Waals surface area (Å²) >= 11 is 0. The van der Waals surface area contributed by atoms with Crippen LogP contribution in [0, 0.1) is 17.8 Å². The predicted octanol–water partition coefficient (Wildman–Crippen LogP) is 3.07. The standard InChI is InChI=1S/C14H20O2/c1-14(6-2-3-7-14)16-13(15)12-9-10-4-5-11(12)8-10/h4-5,10-12H,2-3,6-9H2,1H3. The molecule has 0 heterocycles. The molecule has 2 fully saturated rings. The zero-order valence-corrected chi connectivity index (χ0v) is 9.95. The van der Waals surface area contributed by atoms with Gasteiger partial charge in [-0.15, -0.1) is 0 Å². The SMILES string of the molecule is CC1(OC(=O)C2CC3C=CC2C3)CCCC1. The summed E-state index contributed by atoms with van der Waals surface area (Å²) in [4.78, 5) is 12.1. The van der Waals surface area contributed by atoms with Crippen molar-refractivity contribution in [3.8, 4) is 0 Å². The maximum atomic E-state index is 12.1. The number of carbonyl (C=O) groups excluding carboxylic acids is 1. The molecule has 3 unspecified atom stereocenters. The number of allylic oxidation sites excluding steroid dienone is 2. The molecule has 0 N–H and O–H groups in total. The largest absolute Gasteiger partial charge is 0.459 e. The molecular formula is C14H20O2. The molecule has 0 amide bonds. The van der Waals surface area contributed by atoms with Crippen molar-refractivity contribution in [3.05, 3.63) is 12.2 Å². The third-order valence-corrected chi connectivity index (χ3v) is 4.59. The molecule has 3 rings (SSSR count). The Morgan fingerprint density at radius 3 is 2.56 bits per heavy atom. The van der Waals surface area contributed by atoms with Gasteiger partial charge >= 0.3 is 5.97 Å². The molecule has 0 radical (unpaired) electrons. The van der Waals surface area contributed by atoms with E-state index in [9.17, 15) is 4.79 Å². The van der Waals surface area contributed by atoms with Crippen LogP contribution in [0.15, 0.2) is 12.2 Å². The van der Waals surface area contributed by atoms with E-state index in [0.29, 0.717) is 11.8 Å². The maximum Gasteiger partial charge on any atom is 0.310 e. The van der Waals surface area contributed by atoms with Gasteiger partial charge in [0, 0.05) is 0 Å². The fourth-order valence-electron chi connectivity index (χ4n) is 3.60. The molecule has 88 valence electrons. The Morgan fingerprint density at radius 1 is 1.25 bits per heavy atom. The molecular weight excluding hydrogens is 200 g/mol. The van der Waals surface area contributed by atoms with Gasteiger partial charge in [0.1, 0.15) is 5.60 Å². The van der Waals surface area contributed by atoms with Crippen molar-refractivity contribution < 1.29 is 9.53 Å². The first-order chi connectivity index (χ1) is 7.66. The highest BCUT2D eigenvalue weighted by atomic mass is 16.6. The Bertz CT molecular complexity index is 326. The van der Waals surface area contributed by atoms with E-state index in [1.807, 2.05) is 0 Å². The lowest BCUT2D eigenvalue weighted by atomic mass is 9.93. The number of esters is 1. The van der Waals surface area contributed by atoms with Gasteiger partial charge in [0.2, 0.25) is 0 Å². The molecule has 16 heavy (non-hydrogen) atoms. The molecule has 2 bridgehead atoms. The molecule has 0 spiro atoms. The number of hydrogen-bond acceptors (Lipinski definition) is 2. The Kier molecular flexibility index (Phi) is 2.34. The molecule has 3 aliphatic carbocycles. The van der Waals surface area contributed by atoms with Gasteiger partial charge in [0.05, 0.1) is 5.92 Å². The normalized spacial score (nSPS) is 39.2. The molecule has 0 saturated heterocycles. The number of carbonyl (C=O) groups is 1. The lowest BCUT2D eigenvalue weighted by Crippen LogP contribution is -2.33. The Morgan fingerprint density at radius 2 is 2.00 bits per heavy atom. The number of ether oxygens (including phenoxy) is 1. The predicted molar refractivity (Wildman–Crippen MR) is 61.8 cm³/mol. The van der Waals surface area contributed by atoms with Gasteiger partial charge < -0.3 is 4.74 Å². The minimum Gasteiger partial charge on any atom is -0.459 e. The molecule has 3 atom stereocenters. The molecule has 2 saturated carbocycles. The third kappa shape index (κ3) is 1.68. The number of fused-ring (bicyclic) bond motifs is 2. The van der Waals surface area contributed by atoms with Gasteiger partial charge in [-0.05, 0) is 57.3 Å². The Labute approximate surface area is 97.1 Å². The summed E-state index contributed by atoms with van der Waals surface area (Å²) in [6.07, 6.45) is 11.2. The van der Waals surface area contributed by atoms with Crippen LogP contribution in [0.5, 0.6) is 0 Å². The second-order valence-electron chi connectivity index (χ2n) is 5.96. The van der Waals surface area contributed by atoms with Crippen molar-refractivity contribution in [2.24, 2.45) is 17.8 Å². The van der Waals surface area contributed by atoms with Gasteiger partial charge in [-0.2, -0.15) is 0 Å². The van der Waals surface area contributed by atoms with Crippen molar-refractivity contribution in [2.75, 3.05) is 0 Å². The minimum atomic E-state index is -0.150. The van der Waals surface area contributed by atoms with Gasteiger partial charge in [0.25, 0.3) is 0 Å². The molecule has 3 aliphatic rings. The lowest BCUT2D eigenvalue weighted by Gasteiger charge is -2.27. The first-order valence-electron chi connectivity index (χ1n) is 6.57. The highest BCUT2D eigenvalue weighted by Gasteiger charge is 2.43. The summed E-state index contributed by atoms with van der Waals surface area (Å²) in [6.45, 7) is 2.10. The Balaban J connectivity index is 1.63.